The second-order valence-electron chi connectivity index (χ2n) is 17.0. The van der Waals surface area contributed by atoms with E-state index in [0.717, 1.165) is 0 Å². The first-order valence-electron chi connectivity index (χ1n) is 24.3. The molecule has 336 valence electrons. The fraction of sp³-hybridized carbons (Fsp3) is 1.00. The van der Waals surface area contributed by atoms with Crippen LogP contribution < -0.4 is 45.7 Å². The van der Waals surface area contributed by atoms with E-state index >= 15 is 0 Å². The Morgan fingerprint density at radius 1 is 0.204 bits per heavy atom. The van der Waals surface area contributed by atoms with Crippen LogP contribution in [0.15, 0.2) is 0 Å². The molecule has 0 aliphatic heterocycles. The van der Waals surface area contributed by atoms with Gasteiger partial charge < -0.3 is 59.1 Å². The van der Waals surface area contributed by atoms with Gasteiger partial charge >= 0.3 is 0 Å². The maximum atomic E-state index is 2.33. The van der Waals surface area contributed by atoms with E-state index in [2.05, 4.69) is 83.1 Å². The van der Waals surface area contributed by atoms with E-state index in [-0.39, 0.29) is 45.7 Å². The summed E-state index contributed by atoms with van der Waals surface area (Å²) in [4.78, 5) is 0. The van der Waals surface area contributed by atoms with Gasteiger partial charge in [-0.1, -0.05) is 160 Å². The van der Waals surface area contributed by atoms with Gasteiger partial charge in [0.25, 0.3) is 0 Å². The first-order chi connectivity index (χ1) is 24.7. The van der Waals surface area contributed by atoms with Crippen LogP contribution in [0.1, 0.15) is 237 Å². The summed E-state index contributed by atoms with van der Waals surface area (Å²) in [5.74, 6) is 0. The molecule has 0 rings (SSSR count). The van der Waals surface area contributed by atoms with Crippen LogP contribution in [0.3, 0.4) is 0 Å². The molecule has 0 aromatic heterocycles. The highest BCUT2D eigenvalue weighted by Gasteiger charge is 2.26. The third-order valence-corrected chi connectivity index (χ3v) is 11.8. The summed E-state index contributed by atoms with van der Waals surface area (Å²) in [5, 5.41) is 0. The Morgan fingerprint density at radius 3 is 0.333 bits per heavy atom. The van der Waals surface area contributed by atoms with E-state index in [1.165, 1.54) is 246 Å². The lowest BCUT2D eigenvalue weighted by Gasteiger charge is -2.39. The molecule has 0 radical (unpaired) electrons. The van der Waals surface area contributed by atoms with Gasteiger partial charge in [-0.25, -0.2) is 0 Å². The molecule has 0 atom stereocenters. The fourth-order valence-corrected chi connectivity index (χ4v) is 7.93. The van der Waals surface area contributed by atoms with Crippen molar-refractivity contribution in [2.45, 2.75) is 237 Å². The molecule has 0 aromatic carbocycles. The second kappa shape index (κ2) is 50.2. The van der Waals surface area contributed by atoms with Gasteiger partial charge in [-0.2, -0.15) is 0 Å². The van der Waals surface area contributed by atoms with Crippen molar-refractivity contribution in [3.05, 3.63) is 0 Å². The molecule has 0 amide bonds. The molecule has 0 unspecified atom stereocenters. The molecule has 0 N–H and O–H groups in total. The van der Waals surface area contributed by atoms with Crippen LogP contribution in [0, 0.1) is 0 Å². The zero-order valence-electron chi connectivity index (χ0n) is 39.9. The molecular formula is C48H108BrFIN3. The molecule has 0 saturated carbocycles. The summed E-state index contributed by atoms with van der Waals surface area (Å²) >= 11 is 0. The predicted octanol–water partition coefficient (Wildman–Crippen LogP) is 6.02. The van der Waals surface area contributed by atoms with Crippen molar-refractivity contribution in [1.82, 2.24) is 0 Å². The van der Waals surface area contributed by atoms with Crippen LogP contribution in [0.25, 0.3) is 0 Å². The molecule has 0 aliphatic carbocycles. The van der Waals surface area contributed by atoms with Crippen LogP contribution >= 0.6 is 0 Å². The monoisotopic (exact) mass is 952 g/mol. The average Bonchev–Trinajstić information content (AvgIpc) is 3.16. The summed E-state index contributed by atoms with van der Waals surface area (Å²) in [6.45, 7) is 45.1. The first-order valence-corrected chi connectivity index (χ1v) is 24.3. The minimum Gasteiger partial charge on any atom is -1.00 e. The van der Waals surface area contributed by atoms with Crippen LogP contribution in [0.2, 0.25) is 0 Å². The van der Waals surface area contributed by atoms with E-state index in [9.17, 15) is 0 Å². The van der Waals surface area contributed by atoms with Crippen molar-refractivity contribution >= 4 is 0 Å². The maximum Gasteiger partial charge on any atom is 0.0786 e. The maximum absolute atomic E-state index is 2.33. The molecule has 3 nitrogen and oxygen atoms in total. The highest BCUT2D eigenvalue weighted by Crippen LogP contribution is 2.19. The van der Waals surface area contributed by atoms with Crippen LogP contribution in [0.4, 0.5) is 0 Å². The topological polar surface area (TPSA) is 0 Å². The van der Waals surface area contributed by atoms with Crippen molar-refractivity contribution in [3.8, 4) is 0 Å². The predicted molar refractivity (Wildman–Crippen MR) is 238 cm³/mol. The number of quaternary nitrogens is 3. The fourth-order valence-electron chi connectivity index (χ4n) is 7.93. The molecule has 0 bridgehead atoms. The van der Waals surface area contributed by atoms with Gasteiger partial charge in [0.2, 0.25) is 0 Å². The first kappa shape index (κ1) is 66.8. The molecule has 0 aliphatic rings. The Kier molecular flexibility index (Phi) is 62.1. The third kappa shape index (κ3) is 38.5. The van der Waals surface area contributed by atoms with Gasteiger partial charge in [0.1, 0.15) is 0 Å². The van der Waals surface area contributed by atoms with Crippen LogP contribution in [-0.4, -0.2) is 92.0 Å². The second-order valence-corrected chi connectivity index (χ2v) is 17.0. The quantitative estimate of drug-likeness (QED) is 0.0533. The number of hydrogen-bond donors (Lipinski definition) is 0. The lowest BCUT2D eigenvalue weighted by atomic mass is 10.1. The van der Waals surface area contributed by atoms with E-state index < -0.39 is 0 Å². The lowest BCUT2D eigenvalue weighted by Crippen LogP contribution is -3.00. The van der Waals surface area contributed by atoms with E-state index in [4.69, 9.17) is 0 Å². The highest BCUT2D eigenvalue weighted by atomic mass is 127. The van der Waals surface area contributed by atoms with Gasteiger partial charge in [0.05, 0.1) is 78.5 Å². The average molecular weight is 953 g/mol. The number of unbranched alkanes of at least 4 members (excludes halogenated alkanes) is 12. The Bertz CT molecular complexity index is 455. The summed E-state index contributed by atoms with van der Waals surface area (Å²) in [6, 6.07) is 0. The molecule has 0 spiro atoms. The minimum atomic E-state index is 0. The van der Waals surface area contributed by atoms with E-state index in [0.29, 0.717) is 0 Å². The normalized spacial score (nSPS) is 11.3. The SMILES string of the molecule is CCCC[N+](CCCC)(CCCC)CCCC.CCCC[N+](CCCC)(CCCC)CCCC.CCCC[N+](CCCC)(CCCC)CCCC.[Br-].[F-].[I-]. The van der Waals surface area contributed by atoms with Gasteiger partial charge in [-0.05, 0) is 77.0 Å². The molecule has 0 heterocycles. The van der Waals surface area contributed by atoms with Gasteiger partial charge in [-0.15, -0.1) is 0 Å². The Hall–Kier alpha value is 1.02. The highest BCUT2D eigenvalue weighted by molar-refractivity contribution is 4.52. The minimum absolute atomic E-state index is 0. The van der Waals surface area contributed by atoms with Crippen molar-refractivity contribution < 1.29 is 59.1 Å². The molecule has 6 heteroatoms. The van der Waals surface area contributed by atoms with Gasteiger partial charge in [-0.3, -0.25) is 0 Å². The van der Waals surface area contributed by atoms with Crippen molar-refractivity contribution in [3.63, 3.8) is 0 Å². The number of rotatable bonds is 36. The molecule has 0 aromatic rings. The smallest absolute Gasteiger partial charge is 0.0786 e. The third-order valence-electron chi connectivity index (χ3n) is 11.8. The largest absolute Gasteiger partial charge is 1.00 e. The molecule has 54 heavy (non-hydrogen) atoms. The summed E-state index contributed by atoms with van der Waals surface area (Å²) in [7, 11) is 0. The van der Waals surface area contributed by atoms with Crippen LogP contribution in [0.5, 0.6) is 0 Å². The van der Waals surface area contributed by atoms with Gasteiger partial charge in [0, 0.05) is 0 Å². The van der Waals surface area contributed by atoms with Crippen molar-refractivity contribution in [2.75, 3.05) is 78.5 Å². The molecule has 0 saturated heterocycles. The number of halogens is 3. The van der Waals surface area contributed by atoms with Crippen molar-refractivity contribution in [2.24, 2.45) is 0 Å². The molecular weight excluding hydrogens is 844 g/mol. The van der Waals surface area contributed by atoms with E-state index in [1.807, 2.05) is 0 Å². The van der Waals surface area contributed by atoms with Crippen molar-refractivity contribution in [1.29, 1.82) is 0 Å². The van der Waals surface area contributed by atoms with Crippen LogP contribution in [-0.2, 0) is 0 Å². The zero-order valence-corrected chi connectivity index (χ0v) is 43.7. The lowest BCUT2D eigenvalue weighted by molar-refractivity contribution is -0.929. The molecule has 0 fully saturated rings. The zero-order chi connectivity index (χ0) is 39.0. The number of hydrogen-bond acceptors (Lipinski definition) is 0. The Balaban J connectivity index is -0.000000156. The number of nitrogens with zero attached hydrogens (tertiary/aromatic N) is 3. The summed E-state index contributed by atoms with van der Waals surface area (Å²) in [6.07, 6.45) is 33.2. The Labute approximate surface area is 372 Å². The van der Waals surface area contributed by atoms with E-state index in [1.54, 1.807) is 0 Å². The summed E-state index contributed by atoms with van der Waals surface area (Å²) < 4.78 is 4.26. The standard InChI is InChI=1S/3C16H36N.BrH.FH.HI/c3*1-5-9-13-17(14-10-6-2,15-11-7-3)16-12-8-4;;;/h3*5-16H2,1-4H3;3*1H/q3*+1;;;/p-3. The Morgan fingerprint density at radius 2 is 0.278 bits per heavy atom. The summed E-state index contributed by atoms with van der Waals surface area (Å²) in [5.41, 5.74) is 0. The van der Waals surface area contributed by atoms with Gasteiger partial charge in [0.15, 0.2) is 0 Å².